The molecule has 0 bridgehead atoms. The lowest BCUT2D eigenvalue weighted by atomic mass is 9.97. The number of thiazole rings is 1. The smallest absolute Gasteiger partial charge is 0.240 e. The van der Waals surface area contributed by atoms with Gasteiger partial charge in [-0.2, -0.15) is 0 Å². The molecule has 1 unspecified atom stereocenters. The Morgan fingerprint density at radius 1 is 1.17 bits per heavy atom. The predicted molar refractivity (Wildman–Crippen MR) is 116 cm³/mol. The summed E-state index contributed by atoms with van der Waals surface area (Å²) in [5, 5.41) is 16.1. The second-order valence-corrected chi connectivity index (χ2v) is 10.1. The maximum atomic E-state index is 12.7. The first-order valence-electron chi connectivity index (χ1n) is 9.89. The number of nitrogens with zero attached hydrogens (tertiary/aromatic N) is 4. The Morgan fingerprint density at radius 2 is 1.97 bits per heavy atom. The number of hydrogen-bond donors (Lipinski definition) is 2. The van der Waals surface area contributed by atoms with Crippen molar-refractivity contribution in [2.45, 2.75) is 47.0 Å². The average Bonchev–Trinajstić information content (AvgIpc) is 3.20. The molecule has 1 atom stereocenters. The van der Waals surface area contributed by atoms with Crippen molar-refractivity contribution in [1.29, 1.82) is 0 Å². The molecule has 2 N–H and O–H groups in total. The van der Waals surface area contributed by atoms with Crippen molar-refractivity contribution in [3.63, 3.8) is 0 Å². The lowest BCUT2D eigenvalue weighted by molar-refractivity contribution is -0.123. The highest BCUT2D eigenvalue weighted by atomic mass is 32.1. The van der Waals surface area contributed by atoms with Crippen LogP contribution in [0.4, 0.5) is 10.3 Å². The number of amides is 2. The minimum absolute atomic E-state index is 0.0477. The summed E-state index contributed by atoms with van der Waals surface area (Å²) in [6, 6.07) is 0. The SMILES string of the molecule is Cc1nc(NC(=O)CN2CCCC(C(=O)Nc3nnc(CC(C)C)s3)C2)sc1C. The van der Waals surface area contributed by atoms with Gasteiger partial charge >= 0.3 is 0 Å². The van der Waals surface area contributed by atoms with Crippen LogP contribution in [0.1, 0.15) is 42.3 Å². The van der Waals surface area contributed by atoms with E-state index in [1.165, 1.54) is 22.7 Å². The number of aromatic nitrogens is 3. The highest BCUT2D eigenvalue weighted by Gasteiger charge is 2.27. The van der Waals surface area contributed by atoms with E-state index in [2.05, 4.69) is 39.7 Å². The molecule has 10 heteroatoms. The molecule has 158 valence electrons. The molecule has 0 spiro atoms. The largest absolute Gasteiger partial charge is 0.301 e. The summed E-state index contributed by atoms with van der Waals surface area (Å²) in [4.78, 5) is 32.5. The minimum atomic E-state index is -0.154. The van der Waals surface area contributed by atoms with Crippen molar-refractivity contribution in [2.75, 3.05) is 30.3 Å². The van der Waals surface area contributed by atoms with Crippen LogP contribution >= 0.6 is 22.7 Å². The van der Waals surface area contributed by atoms with Gasteiger partial charge < -0.3 is 10.6 Å². The van der Waals surface area contributed by atoms with Gasteiger partial charge in [0.05, 0.1) is 18.2 Å². The molecule has 2 amide bonds. The summed E-state index contributed by atoms with van der Waals surface area (Å²) in [5.41, 5.74) is 0.938. The maximum absolute atomic E-state index is 12.7. The minimum Gasteiger partial charge on any atom is -0.301 e. The molecule has 0 radical (unpaired) electrons. The number of carbonyl (C=O) groups is 2. The number of aryl methyl sites for hydroxylation is 2. The Kier molecular flexibility index (Phi) is 7.31. The third-order valence-corrected chi connectivity index (χ3v) is 6.65. The highest BCUT2D eigenvalue weighted by molar-refractivity contribution is 7.16. The topological polar surface area (TPSA) is 100 Å². The fourth-order valence-corrected chi connectivity index (χ4v) is 5.03. The number of carbonyl (C=O) groups excluding carboxylic acids is 2. The maximum Gasteiger partial charge on any atom is 0.240 e. The molecule has 3 rings (SSSR count). The highest BCUT2D eigenvalue weighted by Crippen LogP contribution is 2.23. The fraction of sp³-hybridized carbons (Fsp3) is 0.632. The van der Waals surface area contributed by atoms with Crippen molar-refractivity contribution in [1.82, 2.24) is 20.1 Å². The van der Waals surface area contributed by atoms with Crippen LogP contribution in [-0.2, 0) is 16.0 Å². The monoisotopic (exact) mass is 436 g/mol. The van der Waals surface area contributed by atoms with E-state index < -0.39 is 0 Å². The Balaban J connectivity index is 1.49. The molecule has 2 aromatic heterocycles. The number of rotatable bonds is 7. The van der Waals surface area contributed by atoms with Crippen LogP contribution in [0.3, 0.4) is 0 Å². The molecule has 1 fully saturated rings. The molecule has 29 heavy (non-hydrogen) atoms. The van der Waals surface area contributed by atoms with E-state index in [1.54, 1.807) is 0 Å². The van der Waals surface area contributed by atoms with Gasteiger partial charge in [0.1, 0.15) is 5.01 Å². The van der Waals surface area contributed by atoms with E-state index >= 15 is 0 Å². The number of likely N-dealkylation sites (tertiary alicyclic amines) is 1. The Bertz CT molecular complexity index is 843. The van der Waals surface area contributed by atoms with E-state index in [1.807, 2.05) is 18.7 Å². The van der Waals surface area contributed by atoms with Crippen LogP contribution in [0.15, 0.2) is 0 Å². The Hall–Kier alpha value is -1.91. The van der Waals surface area contributed by atoms with E-state index in [9.17, 15) is 9.59 Å². The van der Waals surface area contributed by atoms with Gasteiger partial charge in [-0.05, 0) is 39.2 Å². The standard InChI is InChI=1S/C19H28N6O2S2/c1-11(2)8-16-23-24-19(29-16)22-17(27)14-6-5-7-25(9-14)10-15(26)21-18-20-12(3)13(4)28-18/h11,14H,5-10H2,1-4H3,(H,20,21,26)(H,22,24,27). The lowest BCUT2D eigenvalue weighted by Gasteiger charge is -2.31. The summed E-state index contributed by atoms with van der Waals surface area (Å²) in [6.45, 7) is 9.81. The number of hydrogen-bond acceptors (Lipinski definition) is 8. The van der Waals surface area contributed by atoms with Gasteiger partial charge in [-0.1, -0.05) is 25.2 Å². The van der Waals surface area contributed by atoms with Crippen LogP contribution in [0.5, 0.6) is 0 Å². The molecule has 3 heterocycles. The van der Waals surface area contributed by atoms with Gasteiger partial charge in [-0.15, -0.1) is 21.5 Å². The molecular weight excluding hydrogens is 408 g/mol. The van der Waals surface area contributed by atoms with Gasteiger partial charge in [-0.3, -0.25) is 14.5 Å². The van der Waals surface area contributed by atoms with Gasteiger partial charge in [-0.25, -0.2) is 4.98 Å². The average molecular weight is 437 g/mol. The summed E-state index contributed by atoms with van der Waals surface area (Å²) >= 11 is 2.91. The molecule has 1 aliphatic heterocycles. The number of piperidine rings is 1. The zero-order chi connectivity index (χ0) is 21.0. The Labute approximate surface area is 179 Å². The van der Waals surface area contributed by atoms with Crippen LogP contribution in [0.25, 0.3) is 0 Å². The molecule has 1 saturated heterocycles. The number of nitrogens with one attached hydrogen (secondary N) is 2. The number of anilines is 2. The summed E-state index contributed by atoms with van der Waals surface area (Å²) < 4.78 is 0. The summed E-state index contributed by atoms with van der Waals surface area (Å²) in [5.74, 6) is 0.205. The van der Waals surface area contributed by atoms with Gasteiger partial charge in [0.2, 0.25) is 16.9 Å². The first kappa shape index (κ1) is 21.8. The quantitative estimate of drug-likeness (QED) is 0.692. The normalized spacial score (nSPS) is 17.5. The van der Waals surface area contributed by atoms with Crippen molar-refractivity contribution in [2.24, 2.45) is 11.8 Å². The van der Waals surface area contributed by atoms with Crippen LogP contribution in [-0.4, -0.2) is 51.5 Å². The Morgan fingerprint density at radius 3 is 2.66 bits per heavy atom. The van der Waals surface area contributed by atoms with Crippen LogP contribution in [0.2, 0.25) is 0 Å². The van der Waals surface area contributed by atoms with Crippen molar-refractivity contribution in [3.8, 4) is 0 Å². The van der Waals surface area contributed by atoms with Crippen molar-refractivity contribution >= 4 is 44.8 Å². The van der Waals surface area contributed by atoms with E-state index in [0.29, 0.717) is 22.7 Å². The fourth-order valence-electron chi connectivity index (χ4n) is 3.24. The second kappa shape index (κ2) is 9.73. The molecule has 2 aromatic rings. The zero-order valence-corrected chi connectivity index (χ0v) is 19.0. The molecule has 1 aliphatic rings. The second-order valence-electron chi connectivity index (χ2n) is 7.87. The van der Waals surface area contributed by atoms with Crippen LogP contribution < -0.4 is 10.6 Å². The van der Waals surface area contributed by atoms with Gasteiger partial charge in [0, 0.05) is 17.8 Å². The van der Waals surface area contributed by atoms with Crippen molar-refractivity contribution in [3.05, 3.63) is 15.6 Å². The van der Waals surface area contributed by atoms with Crippen LogP contribution in [0, 0.1) is 25.7 Å². The molecular formula is C19H28N6O2S2. The third-order valence-electron chi connectivity index (χ3n) is 4.80. The lowest BCUT2D eigenvalue weighted by Crippen LogP contribution is -2.43. The van der Waals surface area contributed by atoms with E-state index in [0.717, 1.165) is 41.4 Å². The summed E-state index contributed by atoms with van der Waals surface area (Å²) in [7, 11) is 0. The molecule has 0 aliphatic carbocycles. The predicted octanol–water partition coefficient (Wildman–Crippen LogP) is 3.10. The van der Waals surface area contributed by atoms with E-state index in [-0.39, 0.29) is 24.3 Å². The van der Waals surface area contributed by atoms with Crippen molar-refractivity contribution < 1.29 is 9.59 Å². The summed E-state index contributed by atoms with van der Waals surface area (Å²) in [6.07, 6.45) is 2.56. The first-order valence-corrected chi connectivity index (χ1v) is 11.5. The van der Waals surface area contributed by atoms with E-state index in [4.69, 9.17) is 0 Å². The molecule has 8 nitrogen and oxygen atoms in total. The molecule has 0 aromatic carbocycles. The third kappa shape index (κ3) is 6.28. The first-order chi connectivity index (χ1) is 13.8. The molecule has 0 saturated carbocycles. The van der Waals surface area contributed by atoms with Gasteiger partial charge in [0.15, 0.2) is 5.13 Å². The van der Waals surface area contributed by atoms with Gasteiger partial charge in [0.25, 0.3) is 0 Å². The zero-order valence-electron chi connectivity index (χ0n) is 17.3.